The molecular formula is C23H27N3O4. The second-order valence-corrected chi connectivity index (χ2v) is 8.95. The van der Waals surface area contributed by atoms with Gasteiger partial charge < -0.3 is 19.9 Å². The van der Waals surface area contributed by atoms with Crippen molar-refractivity contribution in [3.8, 4) is 0 Å². The average molecular weight is 409 g/mol. The molecule has 1 aromatic carbocycles. The molecule has 0 aromatic heterocycles. The maximum atomic E-state index is 13.5. The Bertz CT molecular complexity index is 958. The van der Waals surface area contributed by atoms with Crippen LogP contribution in [-0.4, -0.2) is 65.4 Å². The molecule has 3 amide bonds. The first-order chi connectivity index (χ1) is 14.4. The Kier molecular flexibility index (Phi) is 4.47. The lowest BCUT2D eigenvalue weighted by atomic mass is 9.76. The highest BCUT2D eigenvalue weighted by Crippen LogP contribution is 2.52. The molecule has 5 rings (SSSR count). The van der Waals surface area contributed by atoms with Crippen molar-refractivity contribution in [3.05, 3.63) is 47.0 Å². The first kappa shape index (κ1) is 19.3. The molecule has 4 aliphatic heterocycles. The quantitative estimate of drug-likeness (QED) is 0.754. The fourth-order valence-electron chi connectivity index (χ4n) is 5.37. The standard InChI is InChI=1S/C23H27N3O4/c1-14-3-4-15(2)16(11-14)12-26-13-23-7-5-17(30-23)19(20(23)22(26)29)21(28)25-9-6-18(27)24-8-10-25/h3-5,7,11,17,19-20H,6,8-10,12-13H2,1-2H3,(H,24,27)/t17-,19-,20+,23-/m0/s1. The van der Waals surface area contributed by atoms with Crippen molar-refractivity contribution in [2.75, 3.05) is 26.2 Å². The van der Waals surface area contributed by atoms with Crippen LogP contribution in [-0.2, 0) is 25.7 Å². The van der Waals surface area contributed by atoms with Crippen molar-refractivity contribution in [3.63, 3.8) is 0 Å². The number of ether oxygens (including phenoxy) is 1. The fourth-order valence-corrected chi connectivity index (χ4v) is 5.37. The summed E-state index contributed by atoms with van der Waals surface area (Å²) in [4.78, 5) is 42.1. The van der Waals surface area contributed by atoms with E-state index < -0.39 is 17.4 Å². The van der Waals surface area contributed by atoms with Crippen LogP contribution in [0.3, 0.4) is 0 Å². The zero-order valence-electron chi connectivity index (χ0n) is 17.4. The highest BCUT2D eigenvalue weighted by molar-refractivity contribution is 5.93. The average Bonchev–Trinajstić information content (AvgIpc) is 3.28. The number of amides is 3. The molecule has 158 valence electrons. The van der Waals surface area contributed by atoms with Crippen molar-refractivity contribution in [2.45, 2.75) is 38.5 Å². The molecule has 4 atom stereocenters. The molecule has 7 heteroatoms. The third kappa shape index (κ3) is 2.95. The van der Waals surface area contributed by atoms with Crippen LogP contribution in [0.25, 0.3) is 0 Å². The fraction of sp³-hybridized carbons (Fsp3) is 0.522. The predicted octanol–water partition coefficient (Wildman–Crippen LogP) is 0.934. The molecule has 4 heterocycles. The molecule has 0 saturated carbocycles. The highest BCUT2D eigenvalue weighted by Gasteiger charge is 2.67. The molecule has 1 N–H and O–H groups in total. The Morgan fingerprint density at radius 2 is 2.10 bits per heavy atom. The van der Waals surface area contributed by atoms with Crippen molar-refractivity contribution < 1.29 is 19.1 Å². The molecule has 30 heavy (non-hydrogen) atoms. The van der Waals surface area contributed by atoms with E-state index in [-0.39, 0.29) is 23.8 Å². The van der Waals surface area contributed by atoms with Crippen LogP contribution in [0.4, 0.5) is 0 Å². The van der Waals surface area contributed by atoms with Crippen molar-refractivity contribution in [1.82, 2.24) is 15.1 Å². The van der Waals surface area contributed by atoms with E-state index >= 15 is 0 Å². The SMILES string of the molecule is Cc1ccc(C)c(CN2C[C@]34C=C[C@H](O3)[C@H](C(=O)N3CCNC(=O)CC3)[C@@H]4C2=O)c1. The van der Waals surface area contributed by atoms with Crippen molar-refractivity contribution in [2.24, 2.45) is 11.8 Å². The Morgan fingerprint density at radius 1 is 1.27 bits per heavy atom. The zero-order valence-corrected chi connectivity index (χ0v) is 17.4. The number of fused-ring (bicyclic) bond motifs is 1. The second-order valence-electron chi connectivity index (χ2n) is 8.95. The van der Waals surface area contributed by atoms with Gasteiger partial charge in [0.05, 0.1) is 24.5 Å². The second kappa shape index (κ2) is 6.94. The van der Waals surface area contributed by atoms with Gasteiger partial charge in [-0.05, 0) is 25.0 Å². The normalized spacial score (nSPS) is 32.4. The smallest absolute Gasteiger partial charge is 0.230 e. The van der Waals surface area contributed by atoms with E-state index in [2.05, 4.69) is 30.4 Å². The summed E-state index contributed by atoms with van der Waals surface area (Å²) >= 11 is 0. The molecule has 3 saturated heterocycles. The summed E-state index contributed by atoms with van der Waals surface area (Å²) in [5.41, 5.74) is 2.73. The molecule has 1 spiro atoms. The van der Waals surface area contributed by atoms with Gasteiger partial charge in [-0.3, -0.25) is 14.4 Å². The van der Waals surface area contributed by atoms with Crippen LogP contribution in [0.2, 0.25) is 0 Å². The summed E-state index contributed by atoms with van der Waals surface area (Å²) in [6, 6.07) is 6.26. The summed E-state index contributed by atoms with van der Waals surface area (Å²) in [6.45, 7) is 6.40. The van der Waals surface area contributed by atoms with Gasteiger partial charge in [-0.25, -0.2) is 0 Å². The Morgan fingerprint density at radius 3 is 2.93 bits per heavy atom. The molecule has 7 nitrogen and oxygen atoms in total. The molecule has 4 aliphatic rings. The first-order valence-electron chi connectivity index (χ1n) is 10.7. The summed E-state index contributed by atoms with van der Waals surface area (Å²) in [6.07, 6.45) is 3.86. The van der Waals surface area contributed by atoms with E-state index in [1.54, 1.807) is 4.90 Å². The maximum Gasteiger partial charge on any atom is 0.230 e. The minimum absolute atomic E-state index is 0.00914. The van der Waals surface area contributed by atoms with Crippen LogP contribution in [0.1, 0.15) is 23.1 Å². The van der Waals surface area contributed by atoms with E-state index in [0.29, 0.717) is 39.1 Å². The number of likely N-dealkylation sites (tertiary alicyclic amines) is 1. The minimum Gasteiger partial charge on any atom is -0.360 e. The molecule has 2 bridgehead atoms. The van der Waals surface area contributed by atoms with Gasteiger partial charge in [0.1, 0.15) is 5.60 Å². The third-order valence-corrected chi connectivity index (χ3v) is 6.95. The van der Waals surface area contributed by atoms with Gasteiger partial charge in [0.15, 0.2) is 0 Å². The zero-order chi connectivity index (χ0) is 21.0. The molecule has 3 fully saturated rings. The van der Waals surface area contributed by atoms with E-state index in [9.17, 15) is 14.4 Å². The first-order valence-corrected chi connectivity index (χ1v) is 10.7. The molecule has 1 aromatic rings. The monoisotopic (exact) mass is 409 g/mol. The van der Waals surface area contributed by atoms with Crippen LogP contribution in [0.15, 0.2) is 30.4 Å². The third-order valence-electron chi connectivity index (χ3n) is 6.95. The number of carbonyl (C=O) groups is 3. The van der Waals surface area contributed by atoms with E-state index in [1.165, 1.54) is 0 Å². The predicted molar refractivity (Wildman–Crippen MR) is 109 cm³/mol. The number of aryl methyl sites for hydroxylation is 2. The maximum absolute atomic E-state index is 13.5. The molecule has 0 radical (unpaired) electrons. The summed E-state index contributed by atoms with van der Waals surface area (Å²) < 4.78 is 6.25. The van der Waals surface area contributed by atoms with Gasteiger partial charge in [-0.2, -0.15) is 0 Å². The van der Waals surface area contributed by atoms with Gasteiger partial charge >= 0.3 is 0 Å². The van der Waals surface area contributed by atoms with Crippen LogP contribution < -0.4 is 5.32 Å². The highest BCUT2D eigenvalue weighted by atomic mass is 16.5. The van der Waals surface area contributed by atoms with Gasteiger partial charge in [0.2, 0.25) is 17.7 Å². The van der Waals surface area contributed by atoms with E-state index in [1.807, 2.05) is 24.0 Å². The lowest BCUT2D eigenvalue weighted by Crippen LogP contribution is -2.47. The van der Waals surface area contributed by atoms with E-state index in [0.717, 1.165) is 16.7 Å². The van der Waals surface area contributed by atoms with Crippen molar-refractivity contribution >= 4 is 17.7 Å². The Hall–Kier alpha value is -2.67. The van der Waals surface area contributed by atoms with Gasteiger partial charge in [-0.1, -0.05) is 35.9 Å². The topological polar surface area (TPSA) is 79.0 Å². The van der Waals surface area contributed by atoms with Gasteiger partial charge in [0.25, 0.3) is 0 Å². The number of hydrogen-bond donors (Lipinski definition) is 1. The largest absolute Gasteiger partial charge is 0.360 e. The minimum atomic E-state index is -0.709. The summed E-state index contributed by atoms with van der Waals surface area (Å²) in [5.74, 6) is -1.13. The lowest BCUT2D eigenvalue weighted by molar-refractivity contribution is -0.143. The van der Waals surface area contributed by atoms with E-state index in [4.69, 9.17) is 4.74 Å². The molecule has 0 aliphatic carbocycles. The van der Waals surface area contributed by atoms with Crippen LogP contribution >= 0.6 is 0 Å². The number of nitrogens with one attached hydrogen (secondary N) is 1. The Labute approximate surface area is 176 Å². The van der Waals surface area contributed by atoms with Crippen LogP contribution in [0.5, 0.6) is 0 Å². The lowest BCUT2D eigenvalue weighted by Gasteiger charge is -2.29. The number of nitrogens with zero attached hydrogens (tertiary/aromatic N) is 2. The summed E-state index contributed by atoms with van der Waals surface area (Å²) in [5, 5.41) is 2.80. The number of rotatable bonds is 3. The molecular weight excluding hydrogens is 382 g/mol. The van der Waals surface area contributed by atoms with Gasteiger partial charge in [0, 0.05) is 32.6 Å². The van der Waals surface area contributed by atoms with Gasteiger partial charge in [-0.15, -0.1) is 0 Å². The number of carbonyl (C=O) groups excluding carboxylic acids is 3. The Balaban J connectivity index is 1.39. The molecule has 0 unspecified atom stereocenters. The van der Waals surface area contributed by atoms with Crippen molar-refractivity contribution in [1.29, 1.82) is 0 Å². The number of benzene rings is 1. The number of hydrogen-bond acceptors (Lipinski definition) is 4. The van der Waals surface area contributed by atoms with Crippen LogP contribution in [0, 0.1) is 25.7 Å². The summed E-state index contributed by atoms with van der Waals surface area (Å²) in [7, 11) is 0.